The molecule has 0 aromatic carbocycles. The number of rotatable bonds is 4. The van der Waals surface area contributed by atoms with Gasteiger partial charge in [0.15, 0.2) is 6.04 Å². The van der Waals surface area contributed by atoms with E-state index in [1.807, 2.05) is 16.8 Å². The summed E-state index contributed by atoms with van der Waals surface area (Å²) in [7, 11) is 1.27. The largest absolute Gasteiger partial charge is 0.467 e. The maximum atomic E-state index is 12.5. The number of ether oxygens (including phenoxy) is 1. The van der Waals surface area contributed by atoms with Crippen LogP contribution in [0.25, 0.3) is 0 Å². The van der Waals surface area contributed by atoms with Gasteiger partial charge in [-0.05, 0) is 18.4 Å². The molecule has 1 saturated heterocycles. The lowest BCUT2D eigenvalue weighted by molar-refractivity contribution is -0.665. The molecular weight excluding hydrogens is 306 g/mol. The van der Waals surface area contributed by atoms with Gasteiger partial charge in [0.1, 0.15) is 12.6 Å². The zero-order chi connectivity index (χ0) is 16.1. The molecule has 22 heavy (non-hydrogen) atoms. The molecule has 1 aromatic rings. The van der Waals surface area contributed by atoms with Gasteiger partial charge < -0.3 is 20.3 Å². The van der Waals surface area contributed by atoms with Gasteiger partial charge in [-0.25, -0.2) is 4.79 Å². The summed E-state index contributed by atoms with van der Waals surface area (Å²) < 4.78 is 4.59. The van der Waals surface area contributed by atoms with E-state index in [1.165, 1.54) is 18.4 Å². The Morgan fingerprint density at radius 1 is 1.50 bits per heavy atom. The normalized spacial score (nSPS) is 19.4. The first-order valence-corrected chi connectivity index (χ1v) is 7.97. The van der Waals surface area contributed by atoms with Crippen LogP contribution in [0.4, 0.5) is 0 Å². The van der Waals surface area contributed by atoms with Crippen LogP contribution in [-0.4, -0.2) is 61.5 Å². The summed E-state index contributed by atoms with van der Waals surface area (Å²) in [5.74, 6) is -0.989. The van der Waals surface area contributed by atoms with Crippen molar-refractivity contribution in [2.24, 2.45) is 0 Å². The van der Waals surface area contributed by atoms with Gasteiger partial charge in [-0.15, -0.1) is 11.3 Å². The molecule has 3 N–H and O–H groups in total. The van der Waals surface area contributed by atoms with Gasteiger partial charge in [-0.2, -0.15) is 0 Å². The van der Waals surface area contributed by atoms with Crippen LogP contribution in [0, 0.1) is 0 Å². The predicted molar refractivity (Wildman–Crippen MR) is 80.4 cm³/mol. The molecule has 0 bridgehead atoms. The highest BCUT2D eigenvalue weighted by Gasteiger charge is 2.36. The monoisotopic (exact) mass is 326 g/mol. The SMILES string of the molecule is COC(=O)[C@@H](C)NC(=O)[C@@H]1C[NH2+]CCN1C(=O)c1cccs1. The molecule has 2 heterocycles. The van der Waals surface area contributed by atoms with Crippen LogP contribution in [-0.2, 0) is 14.3 Å². The molecule has 0 aliphatic carbocycles. The van der Waals surface area contributed by atoms with E-state index in [-0.39, 0.29) is 11.8 Å². The smallest absolute Gasteiger partial charge is 0.328 e. The standard InChI is InChI=1S/C14H19N3O4S/c1-9(14(20)21-2)16-12(18)10-8-15-5-6-17(10)13(19)11-4-3-7-22-11/h3-4,7,9-10,15H,5-6,8H2,1-2H3,(H,16,18)/p+1/t9-,10+/m1/s1. The fourth-order valence-corrected chi connectivity index (χ4v) is 3.05. The summed E-state index contributed by atoms with van der Waals surface area (Å²) in [6.07, 6.45) is 0. The van der Waals surface area contributed by atoms with Gasteiger partial charge in [-0.1, -0.05) is 6.07 Å². The average Bonchev–Trinajstić information content (AvgIpc) is 3.07. The Morgan fingerprint density at radius 3 is 2.91 bits per heavy atom. The predicted octanol–water partition coefficient (Wildman–Crippen LogP) is -1.19. The number of quaternary nitrogens is 1. The van der Waals surface area contributed by atoms with Crippen molar-refractivity contribution in [2.45, 2.75) is 19.0 Å². The van der Waals surface area contributed by atoms with E-state index in [0.717, 1.165) is 6.54 Å². The van der Waals surface area contributed by atoms with Crippen LogP contribution >= 0.6 is 11.3 Å². The lowest BCUT2D eigenvalue weighted by Crippen LogP contribution is -2.93. The van der Waals surface area contributed by atoms with Gasteiger partial charge in [-0.3, -0.25) is 9.59 Å². The van der Waals surface area contributed by atoms with Gasteiger partial charge >= 0.3 is 5.97 Å². The molecule has 120 valence electrons. The number of nitrogens with one attached hydrogen (secondary N) is 1. The van der Waals surface area contributed by atoms with E-state index in [0.29, 0.717) is 18.0 Å². The third-order valence-corrected chi connectivity index (χ3v) is 4.41. The van der Waals surface area contributed by atoms with Gasteiger partial charge in [0, 0.05) is 0 Å². The van der Waals surface area contributed by atoms with Crippen molar-refractivity contribution >= 4 is 29.1 Å². The maximum Gasteiger partial charge on any atom is 0.328 e. The van der Waals surface area contributed by atoms with Crippen LogP contribution in [0.5, 0.6) is 0 Å². The Balaban J connectivity index is 2.07. The molecule has 1 aromatic heterocycles. The van der Waals surface area contributed by atoms with E-state index < -0.39 is 18.1 Å². The van der Waals surface area contributed by atoms with Crippen LogP contribution in [0.1, 0.15) is 16.6 Å². The fourth-order valence-electron chi connectivity index (χ4n) is 2.37. The zero-order valence-corrected chi connectivity index (χ0v) is 13.4. The van der Waals surface area contributed by atoms with Crippen LogP contribution in [0.3, 0.4) is 0 Å². The Morgan fingerprint density at radius 2 is 2.27 bits per heavy atom. The number of methoxy groups -OCH3 is 1. The van der Waals surface area contributed by atoms with Gasteiger partial charge in [0.25, 0.3) is 5.91 Å². The van der Waals surface area contributed by atoms with E-state index in [2.05, 4.69) is 10.1 Å². The summed E-state index contributed by atoms with van der Waals surface area (Å²) in [5.41, 5.74) is 0. The van der Waals surface area contributed by atoms with Crippen LogP contribution in [0.2, 0.25) is 0 Å². The van der Waals surface area contributed by atoms with E-state index in [9.17, 15) is 14.4 Å². The van der Waals surface area contributed by atoms with Crippen molar-refractivity contribution in [1.29, 1.82) is 0 Å². The number of amides is 2. The van der Waals surface area contributed by atoms with Crippen molar-refractivity contribution in [3.05, 3.63) is 22.4 Å². The topological polar surface area (TPSA) is 92.3 Å². The molecule has 1 fully saturated rings. The Labute approximate surface area is 132 Å². The molecule has 1 aliphatic rings. The molecule has 0 unspecified atom stereocenters. The number of hydrogen-bond acceptors (Lipinski definition) is 5. The maximum absolute atomic E-state index is 12.5. The minimum absolute atomic E-state index is 0.144. The van der Waals surface area contributed by atoms with Gasteiger partial charge in [0.05, 0.1) is 25.1 Å². The average molecular weight is 326 g/mol. The van der Waals surface area contributed by atoms with Crippen molar-refractivity contribution in [3.8, 4) is 0 Å². The summed E-state index contributed by atoms with van der Waals surface area (Å²) in [4.78, 5) is 38.5. The first-order chi connectivity index (χ1) is 10.5. The Bertz CT molecular complexity index is 546. The lowest BCUT2D eigenvalue weighted by Gasteiger charge is -2.33. The minimum Gasteiger partial charge on any atom is -0.467 e. The highest BCUT2D eigenvalue weighted by atomic mass is 32.1. The van der Waals surface area contributed by atoms with Crippen molar-refractivity contribution in [3.63, 3.8) is 0 Å². The number of carbonyl (C=O) groups is 3. The first-order valence-electron chi connectivity index (χ1n) is 7.09. The second-order valence-electron chi connectivity index (χ2n) is 5.06. The summed E-state index contributed by atoms with van der Waals surface area (Å²) in [6.45, 7) is 3.30. The van der Waals surface area contributed by atoms with E-state index >= 15 is 0 Å². The number of esters is 1. The van der Waals surface area contributed by atoms with E-state index in [1.54, 1.807) is 17.9 Å². The summed E-state index contributed by atoms with van der Waals surface area (Å²) >= 11 is 1.35. The van der Waals surface area contributed by atoms with Gasteiger partial charge in [0.2, 0.25) is 5.91 Å². The molecule has 8 heteroatoms. The highest BCUT2D eigenvalue weighted by molar-refractivity contribution is 7.12. The first kappa shape index (κ1) is 16.4. The number of thiophene rings is 1. The van der Waals surface area contributed by atoms with E-state index in [4.69, 9.17) is 0 Å². The second kappa shape index (κ2) is 7.37. The molecule has 7 nitrogen and oxygen atoms in total. The number of hydrogen-bond donors (Lipinski definition) is 2. The van der Waals surface area contributed by atoms with Crippen LogP contribution in [0.15, 0.2) is 17.5 Å². The fraction of sp³-hybridized carbons (Fsp3) is 0.500. The molecule has 0 radical (unpaired) electrons. The summed E-state index contributed by atoms with van der Waals surface area (Å²) in [5, 5.41) is 6.43. The summed E-state index contributed by atoms with van der Waals surface area (Å²) in [6, 6.07) is 2.23. The molecule has 0 saturated carbocycles. The van der Waals surface area contributed by atoms with Crippen molar-refractivity contribution < 1.29 is 24.4 Å². The Hall–Kier alpha value is -1.93. The number of nitrogens with zero attached hydrogens (tertiary/aromatic N) is 1. The molecule has 2 atom stereocenters. The molecule has 2 amide bonds. The molecule has 2 rings (SSSR count). The number of carbonyl (C=O) groups excluding carboxylic acids is 3. The minimum atomic E-state index is -0.738. The number of nitrogens with two attached hydrogens (primary N) is 1. The second-order valence-corrected chi connectivity index (χ2v) is 6.01. The zero-order valence-electron chi connectivity index (χ0n) is 12.6. The third kappa shape index (κ3) is 3.63. The number of piperazine rings is 1. The quantitative estimate of drug-likeness (QED) is 0.681. The highest BCUT2D eigenvalue weighted by Crippen LogP contribution is 2.14. The molecular formula is C14H20N3O4S+. The molecule has 1 aliphatic heterocycles. The Kier molecular flexibility index (Phi) is 5.51. The van der Waals surface area contributed by atoms with Crippen molar-refractivity contribution in [2.75, 3.05) is 26.7 Å². The lowest BCUT2D eigenvalue weighted by atomic mass is 10.1. The third-order valence-electron chi connectivity index (χ3n) is 3.55. The van der Waals surface area contributed by atoms with Crippen LogP contribution < -0.4 is 10.6 Å². The molecule has 0 spiro atoms. The van der Waals surface area contributed by atoms with Crippen molar-refractivity contribution in [1.82, 2.24) is 10.2 Å².